The lowest BCUT2D eigenvalue weighted by Crippen LogP contribution is -2.36. The van der Waals surface area contributed by atoms with Crippen LogP contribution in [0.3, 0.4) is 0 Å². The average molecular weight is 543 g/mol. The molecule has 0 radical (unpaired) electrons. The molecule has 0 unspecified atom stereocenters. The zero-order valence-electron chi connectivity index (χ0n) is 21.4. The van der Waals surface area contributed by atoms with Crippen molar-refractivity contribution < 1.29 is 14.6 Å². The van der Waals surface area contributed by atoms with Gasteiger partial charge in [0.25, 0.3) is 0 Å². The van der Waals surface area contributed by atoms with Crippen LogP contribution in [0.15, 0.2) is 47.8 Å². The number of carbonyl (C=O) groups excluding carboxylic acids is 1. The number of rotatable bonds is 6. The van der Waals surface area contributed by atoms with E-state index in [9.17, 15) is 15.2 Å². The number of aromatic hydroxyl groups is 1. The maximum absolute atomic E-state index is 12.4. The van der Waals surface area contributed by atoms with Crippen molar-refractivity contribution in [3.05, 3.63) is 65.0 Å². The number of phenols is 1. The van der Waals surface area contributed by atoms with Gasteiger partial charge in [-0.15, -0.1) is 11.3 Å². The number of aryl methyl sites for hydroxylation is 2. The summed E-state index contributed by atoms with van der Waals surface area (Å²) in [4.78, 5) is 19.7. The molecule has 0 spiro atoms. The van der Waals surface area contributed by atoms with Crippen molar-refractivity contribution in [3.8, 4) is 33.6 Å². The molecule has 1 saturated heterocycles. The van der Waals surface area contributed by atoms with E-state index < -0.39 is 6.03 Å². The van der Waals surface area contributed by atoms with Gasteiger partial charge in [0.1, 0.15) is 23.1 Å². The zero-order chi connectivity index (χ0) is 27.4. The maximum atomic E-state index is 12.4. The number of phenolic OH excluding ortho intramolecular Hbond substituents is 1. The molecule has 3 heterocycles. The Morgan fingerprint density at radius 3 is 2.59 bits per heavy atom. The fourth-order valence-corrected chi connectivity index (χ4v) is 5.65. The number of nitrogens with zero attached hydrogens (tertiary/aromatic N) is 5. The summed E-state index contributed by atoms with van der Waals surface area (Å²) in [6, 6.07) is 12.7. The number of carbonyl (C=O) groups is 1. The molecular weight excluding hydrogens is 516 g/mol. The van der Waals surface area contributed by atoms with Gasteiger partial charge in [-0.2, -0.15) is 15.5 Å². The minimum atomic E-state index is -0.503. The van der Waals surface area contributed by atoms with Crippen LogP contribution in [0, 0.1) is 25.2 Å². The number of urea groups is 1. The van der Waals surface area contributed by atoms with Gasteiger partial charge in [-0.1, -0.05) is 12.1 Å². The molecule has 0 bridgehead atoms. The number of aromatic amines is 1. The van der Waals surface area contributed by atoms with Crippen LogP contribution in [-0.2, 0) is 4.74 Å². The molecule has 2 aromatic carbocycles. The highest BCUT2D eigenvalue weighted by molar-refractivity contribution is 7.20. The monoisotopic (exact) mass is 542 g/mol. The van der Waals surface area contributed by atoms with Crippen molar-refractivity contribution >= 4 is 34.3 Å². The van der Waals surface area contributed by atoms with Gasteiger partial charge in [0.2, 0.25) is 0 Å². The first kappa shape index (κ1) is 25.9. The van der Waals surface area contributed by atoms with Crippen LogP contribution in [-0.4, -0.2) is 58.8 Å². The molecule has 39 heavy (non-hydrogen) atoms. The van der Waals surface area contributed by atoms with E-state index in [1.807, 2.05) is 12.1 Å². The van der Waals surface area contributed by atoms with E-state index in [2.05, 4.69) is 42.0 Å². The van der Waals surface area contributed by atoms with E-state index in [1.165, 1.54) is 23.9 Å². The summed E-state index contributed by atoms with van der Waals surface area (Å²) in [5.74, 6) is 0.834. The number of hydrogen-bond donors (Lipinski definition) is 4. The first-order valence-electron chi connectivity index (χ1n) is 12.2. The standard InChI is InChI=1S/C27H26N8O3S/c1-16-11-18(12-17(2)23(16)36)14-30-34-27(37)32-20-5-3-19(4-6-20)22-21(13-28)26(35-7-9-38-10-8-35)39-24(22)25-29-15-31-33-25/h3-6,11-12,14-15,36H,7-10H2,1-2H3,(H,29,31,33)(H2,32,34,37)/b30-14+. The Hall–Kier alpha value is -4.73. The number of morpholine rings is 1. The first-order chi connectivity index (χ1) is 18.9. The number of benzene rings is 2. The van der Waals surface area contributed by atoms with Crippen molar-refractivity contribution in [2.45, 2.75) is 13.8 Å². The Morgan fingerprint density at radius 2 is 1.95 bits per heavy atom. The van der Waals surface area contributed by atoms with Crippen molar-refractivity contribution in [1.82, 2.24) is 20.6 Å². The summed E-state index contributed by atoms with van der Waals surface area (Å²) in [5, 5.41) is 34.6. The molecule has 0 aliphatic carbocycles. The highest BCUT2D eigenvalue weighted by Gasteiger charge is 2.26. The number of amides is 2. The minimum absolute atomic E-state index is 0.246. The molecule has 2 aromatic heterocycles. The van der Waals surface area contributed by atoms with Crippen molar-refractivity contribution in [2.75, 3.05) is 36.5 Å². The number of anilines is 2. The van der Waals surface area contributed by atoms with E-state index in [0.717, 1.165) is 37.7 Å². The summed E-state index contributed by atoms with van der Waals surface area (Å²) < 4.78 is 5.49. The van der Waals surface area contributed by atoms with Gasteiger partial charge >= 0.3 is 6.03 Å². The topological polar surface area (TPSA) is 152 Å². The SMILES string of the molecule is Cc1cc(/C=N/NC(=O)Nc2ccc(-c3c(-c4ncn[nH]4)sc(N4CCOCC4)c3C#N)cc2)cc(C)c1O. The first-order valence-corrected chi connectivity index (χ1v) is 13.0. The summed E-state index contributed by atoms with van der Waals surface area (Å²) >= 11 is 1.50. The van der Waals surface area contributed by atoms with Crippen molar-refractivity contribution in [1.29, 1.82) is 5.26 Å². The molecule has 11 nitrogen and oxygen atoms in total. The molecule has 4 N–H and O–H groups in total. The Bertz CT molecular complexity index is 1530. The third-order valence-corrected chi connectivity index (χ3v) is 7.51. The molecule has 1 fully saturated rings. The fourth-order valence-electron chi connectivity index (χ4n) is 4.38. The van der Waals surface area contributed by atoms with Crippen LogP contribution in [0.5, 0.6) is 5.75 Å². The molecule has 198 valence electrons. The molecule has 2 amide bonds. The maximum Gasteiger partial charge on any atom is 0.339 e. The Kier molecular flexibility index (Phi) is 7.53. The van der Waals surface area contributed by atoms with Crippen molar-refractivity contribution in [2.24, 2.45) is 5.10 Å². The van der Waals surface area contributed by atoms with Gasteiger partial charge in [0.05, 0.1) is 29.9 Å². The molecular formula is C27H26N8O3S. The summed E-state index contributed by atoms with van der Waals surface area (Å²) in [5.41, 5.74) is 7.38. The summed E-state index contributed by atoms with van der Waals surface area (Å²) in [6.07, 6.45) is 2.95. The predicted octanol–water partition coefficient (Wildman–Crippen LogP) is 4.39. The minimum Gasteiger partial charge on any atom is -0.507 e. The number of ether oxygens (including phenoxy) is 1. The van der Waals surface area contributed by atoms with Crippen LogP contribution in [0.25, 0.3) is 21.8 Å². The smallest absolute Gasteiger partial charge is 0.339 e. The van der Waals surface area contributed by atoms with Gasteiger partial charge < -0.3 is 20.1 Å². The molecule has 4 aromatic rings. The number of hydrazone groups is 1. The Balaban J connectivity index is 1.34. The number of nitriles is 1. The second-order valence-electron chi connectivity index (χ2n) is 8.94. The van der Waals surface area contributed by atoms with Crippen LogP contribution >= 0.6 is 11.3 Å². The second-order valence-corrected chi connectivity index (χ2v) is 9.94. The molecule has 12 heteroatoms. The molecule has 1 aliphatic rings. The average Bonchev–Trinajstić information content (AvgIpc) is 3.61. The van der Waals surface area contributed by atoms with Gasteiger partial charge in [-0.25, -0.2) is 15.2 Å². The van der Waals surface area contributed by atoms with E-state index in [4.69, 9.17) is 4.74 Å². The van der Waals surface area contributed by atoms with Gasteiger partial charge in [-0.05, 0) is 60.4 Å². The van der Waals surface area contributed by atoms with E-state index in [-0.39, 0.29) is 5.75 Å². The lowest BCUT2D eigenvalue weighted by atomic mass is 10.0. The second kappa shape index (κ2) is 11.3. The van der Waals surface area contributed by atoms with Crippen LogP contribution < -0.4 is 15.6 Å². The van der Waals surface area contributed by atoms with Gasteiger partial charge in [0, 0.05) is 24.3 Å². The fraction of sp³-hybridized carbons (Fsp3) is 0.222. The molecule has 0 saturated carbocycles. The third-order valence-electron chi connectivity index (χ3n) is 6.25. The number of aromatic nitrogens is 3. The molecule has 0 atom stereocenters. The van der Waals surface area contributed by atoms with Gasteiger partial charge in [-0.3, -0.25) is 5.10 Å². The lowest BCUT2D eigenvalue weighted by Gasteiger charge is -2.27. The van der Waals surface area contributed by atoms with E-state index in [1.54, 1.807) is 38.1 Å². The Morgan fingerprint density at radius 1 is 1.23 bits per heavy atom. The highest BCUT2D eigenvalue weighted by Crippen LogP contribution is 2.46. The van der Waals surface area contributed by atoms with Crippen LogP contribution in [0.2, 0.25) is 0 Å². The number of thiophene rings is 1. The normalized spacial score (nSPS) is 13.4. The van der Waals surface area contributed by atoms with E-state index >= 15 is 0 Å². The van der Waals surface area contributed by atoms with Crippen LogP contribution in [0.1, 0.15) is 22.3 Å². The quantitative estimate of drug-likeness (QED) is 0.208. The number of hydrogen-bond acceptors (Lipinski definition) is 9. The largest absolute Gasteiger partial charge is 0.507 e. The van der Waals surface area contributed by atoms with E-state index in [0.29, 0.717) is 43.4 Å². The number of nitrogens with one attached hydrogen (secondary N) is 3. The summed E-state index contributed by atoms with van der Waals surface area (Å²) in [6.45, 7) is 6.23. The third kappa shape index (κ3) is 5.59. The highest BCUT2D eigenvalue weighted by atomic mass is 32.1. The van der Waals surface area contributed by atoms with Gasteiger partial charge in [0.15, 0.2) is 5.82 Å². The molecule has 5 rings (SSSR count). The zero-order valence-corrected chi connectivity index (χ0v) is 22.2. The number of H-pyrrole nitrogens is 1. The summed E-state index contributed by atoms with van der Waals surface area (Å²) in [7, 11) is 0. The molecule has 1 aliphatic heterocycles. The predicted molar refractivity (Wildman–Crippen MR) is 150 cm³/mol. The lowest BCUT2D eigenvalue weighted by molar-refractivity contribution is 0.123. The van der Waals surface area contributed by atoms with Crippen molar-refractivity contribution in [3.63, 3.8) is 0 Å². The Labute approximate surface area is 228 Å². The van der Waals surface area contributed by atoms with Crippen LogP contribution in [0.4, 0.5) is 15.5 Å².